The molecular formula is C8H7BrZn. The van der Waals surface area contributed by atoms with Gasteiger partial charge in [-0.1, -0.05) is 6.08 Å². The van der Waals surface area contributed by atoms with Crippen LogP contribution in [0.4, 0.5) is 0 Å². The zero-order valence-electron chi connectivity index (χ0n) is 5.68. The molecule has 0 aliphatic rings. The second-order valence-electron chi connectivity index (χ2n) is 1.54. The molecule has 2 heteroatoms. The van der Waals surface area contributed by atoms with Crippen molar-refractivity contribution in [2.75, 3.05) is 0 Å². The van der Waals surface area contributed by atoms with Crippen LogP contribution >= 0.6 is 13.6 Å². The Morgan fingerprint density at radius 1 is 1.40 bits per heavy atom. The Labute approximate surface area is 78.4 Å². The molecule has 0 saturated heterocycles. The van der Waals surface area contributed by atoms with E-state index in [1.807, 2.05) is 30.3 Å². The van der Waals surface area contributed by atoms with Gasteiger partial charge < -0.3 is 0 Å². The first-order chi connectivity index (χ1) is 4.93. The maximum atomic E-state index is 3.62. The van der Waals surface area contributed by atoms with Crippen molar-refractivity contribution in [3.8, 4) is 0 Å². The molecule has 0 nitrogen and oxygen atoms in total. The molecule has 1 rings (SSSR count). The zero-order chi connectivity index (χ0) is 7.82. The summed E-state index contributed by atoms with van der Waals surface area (Å²) in [6, 6.07) is 10.6. The third-order valence-electron chi connectivity index (χ3n) is 0.980. The summed E-state index contributed by atoms with van der Waals surface area (Å²) in [6.07, 6.45) is 1.81. The van der Waals surface area contributed by atoms with Crippen LogP contribution in [-0.2, 0) is 16.3 Å². The van der Waals surface area contributed by atoms with Crippen LogP contribution in [0.25, 0.3) is 6.08 Å². The van der Waals surface area contributed by atoms with Crippen molar-refractivity contribution in [3.63, 3.8) is 0 Å². The molecule has 0 N–H and O–H groups in total. The van der Waals surface area contributed by atoms with Crippen molar-refractivity contribution in [2.45, 2.75) is 0 Å². The number of benzene rings is 1. The van der Waals surface area contributed by atoms with Gasteiger partial charge in [0, 0.05) is 0 Å². The van der Waals surface area contributed by atoms with E-state index >= 15 is 0 Å². The topological polar surface area (TPSA) is 0 Å². The zero-order valence-corrected chi connectivity index (χ0v) is 10.2. The average Bonchev–Trinajstić information content (AvgIpc) is 2.10. The molecular weight excluding hydrogens is 241 g/mol. The second-order valence-corrected chi connectivity index (χ2v) is 1.54. The Hall–Kier alpha value is 0.0634. The van der Waals surface area contributed by atoms with Crippen molar-refractivity contribution < 1.29 is 16.3 Å². The van der Waals surface area contributed by atoms with Crippen LogP contribution in [0, 0.1) is 6.07 Å². The molecule has 0 heterocycles. The van der Waals surface area contributed by atoms with Crippen LogP contribution in [0.2, 0.25) is 0 Å². The van der Waals surface area contributed by atoms with Gasteiger partial charge in [-0.2, -0.15) is 30.3 Å². The van der Waals surface area contributed by atoms with Crippen molar-refractivity contribution >= 4 is 19.7 Å². The summed E-state index contributed by atoms with van der Waals surface area (Å²) in [6.45, 7) is 3.62. The molecule has 0 atom stereocenters. The Kier molecular flexibility index (Phi) is 7.22. The third kappa shape index (κ3) is 3.97. The van der Waals surface area contributed by atoms with E-state index in [1.54, 1.807) is 0 Å². The average molecular weight is 248 g/mol. The molecule has 10 heavy (non-hydrogen) atoms. The third-order valence-corrected chi connectivity index (χ3v) is 0.980. The fourth-order valence-electron chi connectivity index (χ4n) is 0.536. The van der Waals surface area contributed by atoms with Gasteiger partial charge >= 0.3 is 30.0 Å². The molecule has 0 amide bonds. The molecule has 0 spiro atoms. The van der Waals surface area contributed by atoms with Crippen LogP contribution < -0.4 is 0 Å². The SMILES string of the molecule is C=Cc1cc[c-]cc1.[Zn+][Br]. The first-order valence-corrected chi connectivity index (χ1v) is 9.73. The Morgan fingerprint density at radius 3 is 2.20 bits per heavy atom. The molecule has 0 saturated carbocycles. The van der Waals surface area contributed by atoms with E-state index in [2.05, 4.69) is 26.3 Å². The molecule has 48 valence electrons. The molecule has 1 aromatic rings. The minimum absolute atomic E-state index is 1.14. The molecule has 0 radical (unpaired) electrons. The summed E-state index contributed by atoms with van der Waals surface area (Å²) in [5.41, 5.74) is 1.14. The van der Waals surface area contributed by atoms with E-state index in [-0.39, 0.29) is 0 Å². The van der Waals surface area contributed by atoms with E-state index in [9.17, 15) is 0 Å². The van der Waals surface area contributed by atoms with Crippen molar-refractivity contribution in [1.82, 2.24) is 0 Å². The number of hydrogen-bond acceptors (Lipinski definition) is 0. The van der Waals surface area contributed by atoms with Gasteiger partial charge in [-0.05, 0) is 0 Å². The summed E-state index contributed by atoms with van der Waals surface area (Å²) < 4.78 is 0. The van der Waals surface area contributed by atoms with Crippen LogP contribution in [-0.4, -0.2) is 0 Å². The predicted molar refractivity (Wildman–Crippen MR) is 44.3 cm³/mol. The standard InChI is InChI=1S/C8H7.BrH.Zn/c1-2-8-6-4-3-5-7-8;;/h2,4-7H,1H2;1H;/q-1;;+2/p-1. The van der Waals surface area contributed by atoms with Gasteiger partial charge in [0.15, 0.2) is 0 Å². The first-order valence-electron chi connectivity index (χ1n) is 2.79. The Balaban J connectivity index is 0.000000371. The van der Waals surface area contributed by atoms with Gasteiger partial charge in [0.2, 0.25) is 0 Å². The van der Waals surface area contributed by atoms with Crippen molar-refractivity contribution in [3.05, 3.63) is 42.5 Å². The fourth-order valence-corrected chi connectivity index (χ4v) is 0.536. The number of halogens is 1. The maximum absolute atomic E-state index is 3.62. The summed E-state index contributed by atoms with van der Waals surface area (Å²) in [7, 11) is 0. The van der Waals surface area contributed by atoms with Gasteiger partial charge in [0.25, 0.3) is 0 Å². The minimum atomic E-state index is 1.14. The van der Waals surface area contributed by atoms with E-state index in [0.717, 1.165) is 5.56 Å². The molecule has 0 unspecified atom stereocenters. The van der Waals surface area contributed by atoms with Crippen molar-refractivity contribution in [2.24, 2.45) is 0 Å². The van der Waals surface area contributed by atoms with Crippen molar-refractivity contribution in [1.29, 1.82) is 0 Å². The summed E-state index contributed by atoms with van der Waals surface area (Å²) >= 11 is 4.25. The predicted octanol–water partition coefficient (Wildman–Crippen LogP) is 2.97. The summed E-state index contributed by atoms with van der Waals surface area (Å²) in [5.74, 6) is 0. The van der Waals surface area contributed by atoms with Crippen LogP contribution in [0.3, 0.4) is 0 Å². The molecule has 0 aromatic heterocycles. The Morgan fingerprint density at radius 2 is 1.90 bits per heavy atom. The molecule has 0 bridgehead atoms. The number of hydrogen-bond donors (Lipinski definition) is 0. The molecule has 0 fully saturated rings. The van der Waals surface area contributed by atoms with Crippen LogP contribution in [0.15, 0.2) is 30.8 Å². The molecule has 0 aliphatic carbocycles. The van der Waals surface area contributed by atoms with Crippen LogP contribution in [0.1, 0.15) is 5.56 Å². The van der Waals surface area contributed by atoms with Gasteiger partial charge in [-0.25, -0.2) is 0 Å². The van der Waals surface area contributed by atoms with E-state index in [4.69, 9.17) is 0 Å². The van der Waals surface area contributed by atoms with Crippen LogP contribution in [0.5, 0.6) is 0 Å². The number of rotatable bonds is 1. The van der Waals surface area contributed by atoms with E-state index < -0.39 is 0 Å². The van der Waals surface area contributed by atoms with Gasteiger partial charge in [0.1, 0.15) is 0 Å². The molecule has 0 aliphatic heterocycles. The summed E-state index contributed by atoms with van der Waals surface area (Å²) in [4.78, 5) is 0. The second kappa shape index (κ2) is 7.17. The quantitative estimate of drug-likeness (QED) is 0.529. The van der Waals surface area contributed by atoms with E-state index in [0.29, 0.717) is 0 Å². The normalized spacial score (nSPS) is 7.50. The first kappa shape index (κ1) is 10.1. The van der Waals surface area contributed by atoms with E-state index in [1.165, 1.54) is 16.3 Å². The van der Waals surface area contributed by atoms with Gasteiger partial charge in [0.05, 0.1) is 0 Å². The summed E-state index contributed by atoms with van der Waals surface area (Å²) in [5, 5.41) is 0. The fraction of sp³-hybridized carbons (Fsp3) is 0. The Bertz CT molecular complexity index is 172. The van der Waals surface area contributed by atoms with Gasteiger partial charge in [-0.3, -0.25) is 0 Å². The van der Waals surface area contributed by atoms with Gasteiger partial charge in [-0.15, -0.1) is 12.1 Å². The molecule has 1 aromatic carbocycles. The monoisotopic (exact) mass is 246 g/mol.